The van der Waals surface area contributed by atoms with Crippen LogP contribution in [0.1, 0.15) is 32.3 Å². The van der Waals surface area contributed by atoms with Crippen LogP contribution in [0.4, 0.5) is 16.3 Å². The van der Waals surface area contributed by atoms with Crippen LogP contribution in [0.3, 0.4) is 0 Å². The first-order valence-electron chi connectivity index (χ1n) is 12.1. The van der Waals surface area contributed by atoms with Gasteiger partial charge in [0.2, 0.25) is 5.91 Å². The molecule has 1 aromatic carbocycles. The second-order valence-electron chi connectivity index (χ2n) is 9.47. The van der Waals surface area contributed by atoms with Crippen LogP contribution in [-0.4, -0.2) is 76.2 Å². The van der Waals surface area contributed by atoms with Crippen LogP contribution in [0.25, 0.3) is 0 Å². The summed E-state index contributed by atoms with van der Waals surface area (Å²) in [6.07, 6.45) is 2.11. The van der Waals surface area contributed by atoms with E-state index in [1.54, 1.807) is 6.07 Å². The Bertz CT molecular complexity index is 1060. The standard InChI is InChI=1S/C25H33ClN6O2S/c1-17-7-9-30(10-8-17)23(33)16-35-24-28-21(26)14-22(29-24)31-11-12-32(19(3)15-31)25(34)27-20-6-4-5-18(2)13-20/h4-6,13-14,17,19H,7-12,15-16H2,1-3H3,(H,27,34)/t19-/m0/s1. The molecule has 35 heavy (non-hydrogen) atoms. The number of carbonyl (C=O) groups excluding carboxylic acids is 2. The first kappa shape index (κ1) is 25.6. The lowest BCUT2D eigenvalue weighted by molar-refractivity contribution is -0.129. The van der Waals surface area contributed by atoms with Crippen molar-refractivity contribution in [2.45, 2.75) is 44.8 Å². The Morgan fingerprint density at radius 3 is 2.60 bits per heavy atom. The van der Waals surface area contributed by atoms with Gasteiger partial charge in [0, 0.05) is 50.5 Å². The molecule has 0 bridgehead atoms. The number of nitrogens with one attached hydrogen (secondary N) is 1. The van der Waals surface area contributed by atoms with Crippen LogP contribution >= 0.6 is 23.4 Å². The number of anilines is 2. The second-order valence-corrected chi connectivity index (χ2v) is 10.8. The summed E-state index contributed by atoms with van der Waals surface area (Å²) in [5.74, 6) is 1.82. The third-order valence-corrected chi connectivity index (χ3v) is 7.63. The molecule has 0 unspecified atom stereocenters. The van der Waals surface area contributed by atoms with Crippen molar-refractivity contribution in [1.29, 1.82) is 0 Å². The molecule has 2 aromatic rings. The summed E-state index contributed by atoms with van der Waals surface area (Å²) in [6.45, 7) is 9.73. The summed E-state index contributed by atoms with van der Waals surface area (Å²) in [4.78, 5) is 40.3. The fraction of sp³-hybridized carbons (Fsp3) is 0.520. The van der Waals surface area contributed by atoms with Crippen molar-refractivity contribution < 1.29 is 9.59 Å². The highest BCUT2D eigenvalue weighted by Crippen LogP contribution is 2.25. The van der Waals surface area contributed by atoms with E-state index >= 15 is 0 Å². The molecule has 0 spiro atoms. The Morgan fingerprint density at radius 1 is 1.11 bits per heavy atom. The van der Waals surface area contributed by atoms with E-state index in [0.717, 1.165) is 43.0 Å². The predicted molar refractivity (Wildman–Crippen MR) is 141 cm³/mol. The van der Waals surface area contributed by atoms with Gasteiger partial charge in [-0.25, -0.2) is 14.8 Å². The Morgan fingerprint density at radius 2 is 1.89 bits per heavy atom. The number of aromatic nitrogens is 2. The maximum absolute atomic E-state index is 12.8. The van der Waals surface area contributed by atoms with Crippen molar-refractivity contribution in [3.63, 3.8) is 0 Å². The minimum Gasteiger partial charge on any atom is -0.353 e. The predicted octanol–water partition coefficient (Wildman–Crippen LogP) is 4.53. The van der Waals surface area contributed by atoms with Crippen LogP contribution < -0.4 is 10.2 Å². The number of amides is 3. The first-order chi connectivity index (χ1) is 16.8. The van der Waals surface area contributed by atoms with Crippen molar-refractivity contribution in [3.8, 4) is 0 Å². The van der Waals surface area contributed by atoms with E-state index < -0.39 is 0 Å². The number of carbonyl (C=O) groups is 2. The topological polar surface area (TPSA) is 81.7 Å². The minimum atomic E-state index is -0.106. The number of piperazine rings is 1. The molecular formula is C25H33ClN6O2S. The molecule has 0 radical (unpaired) electrons. The number of benzene rings is 1. The van der Waals surface area contributed by atoms with Crippen LogP contribution in [0.15, 0.2) is 35.5 Å². The number of nitrogens with zero attached hydrogens (tertiary/aromatic N) is 5. The number of piperidine rings is 1. The number of rotatable bonds is 5. The fourth-order valence-corrected chi connectivity index (χ4v) is 5.46. The van der Waals surface area contributed by atoms with Gasteiger partial charge in [0.1, 0.15) is 11.0 Å². The van der Waals surface area contributed by atoms with Crippen LogP contribution in [-0.2, 0) is 4.79 Å². The molecule has 2 fully saturated rings. The molecule has 2 aliphatic rings. The maximum atomic E-state index is 12.8. The number of hydrogen-bond acceptors (Lipinski definition) is 6. The molecule has 1 N–H and O–H groups in total. The van der Waals surface area contributed by atoms with Gasteiger partial charge in [-0.2, -0.15) is 0 Å². The van der Waals surface area contributed by atoms with E-state index in [0.29, 0.717) is 41.6 Å². The van der Waals surface area contributed by atoms with E-state index in [1.165, 1.54) is 11.8 Å². The van der Waals surface area contributed by atoms with E-state index in [4.69, 9.17) is 11.6 Å². The largest absolute Gasteiger partial charge is 0.353 e. The molecule has 10 heteroatoms. The summed E-state index contributed by atoms with van der Waals surface area (Å²) in [5.41, 5.74) is 1.89. The summed E-state index contributed by atoms with van der Waals surface area (Å²) >= 11 is 7.63. The maximum Gasteiger partial charge on any atom is 0.322 e. The number of aryl methyl sites for hydroxylation is 1. The number of likely N-dealkylation sites (tertiary alicyclic amines) is 1. The SMILES string of the molecule is Cc1cccc(NC(=O)N2CCN(c3cc(Cl)nc(SCC(=O)N4CCC(C)CC4)n3)C[C@@H]2C)c1. The molecule has 3 heterocycles. The smallest absolute Gasteiger partial charge is 0.322 e. The summed E-state index contributed by atoms with van der Waals surface area (Å²) < 4.78 is 0. The van der Waals surface area contributed by atoms with Crippen molar-refractivity contribution in [3.05, 3.63) is 41.0 Å². The fourth-order valence-electron chi connectivity index (χ4n) is 4.47. The Hall–Kier alpha value is -2.52. The van der Waals surface area contributed by atoms with Gasteiger partial charge >= 0.3 is 6.03 Å². The number of urea groups is 1. The van der Waals surface area contributed by atoms with Gasteiger partial charge in [-0.3, -0.25) is 4.79 Å². The second kappa shape index (κ2) is 11.5. The average Bonchev–Trinajstić information content (AvgIpc) is 2.82. The third kappa shape index (κ3) is 6.79. The zero-order valence-corrected chi connectivity index (χ0v) is 22.1. The normalized spacial score (nSPS) is 19.1. The zero-order chi connectivity index (χ0) is 24.9. The lowest BCUT2D eigenvalue weighted by Crippen LogP contribution is -2.55. The summed E-state index contributed by atoms with van der Waals surface area (Å²) in [6, 6.07) is 9.41. The molecule has 2 aliphatic heterocycles. The summed E-state index contributed by atoms with van der Waals surface area (Å²) in [7, 11) is 0. The molecule has 2 saturated heterocycles. The highest BCUT2D eigenvalue weighted by Gasteiger charge is 2.29. The van der Waals surface area contributed by atoms with Gasteiger partial charge in [-0.1, -0.05) is 42.4 Å². The molecule has 1 atom stereocenters. The molecule has 188 valence electrons. The Kier molecular flexibility index (Phi) is 8.38. The Balaban J connectivity index is 1.34. The lowest BCUT2D eigenvalue weighted by Gasteiger charge is -2.40. The molecule has 0 saturated carbocycles. The highest BCUT2D eigenvalue weighted by atomic mass is 35.5. The van der Waals surface area contributed by atoms with Crippen molar-refractivity contribution in [2.75, 3.05) is 48.7 Å². The van der Waals surface area contributed by atoms with Gasteiger partial charge in [0.05, 0.1) is 5.75 Å². The van der Waals surface area contributed by atoms with Gasteiger partial charge in [-0.15, -0.1) is 0 Å². The van der Waals surface area contributed by atoms with Crippen LogP contribution in [0, 0.1) is 12.8 Å². The average molecular weight is 517 g/mol. The lowest BCUT2D eigenvalue weighted by atomic mass is 9.99. The summed E-state index contributed by atoms with van der Waals surface area (Å²) in [5, 5.41) is 3.84. The number of hydrogen-bond donors (Lipinski definition) is 1. The van der Waals surface area contributed by atoms with Gasteiger partial charge in [0.15, 0.2) is 5.16 Å². The first-order valence-corrected chi connectivity index (χ1v) is 13.5. The molecule has 1 aromatic heterocycles. The van der Waals surface area contributed by atoms with E-state index in [1.807, 2.05) is 47.9 Å². The Labute approximate surface area is 216 Å². The number of thioether (sulfide) groups is 1. The molecular weight excluding hydrogens is 484 g/mol. The molecule has 3 amide bonds. The van der Waals surface area contributed by atoms with E-state index in [-0.39, 0.29) is 18.0 Å². The van der Waals surface area contributed by atoms with E-state index in [9.17, 15) is 9.59 Å². The quantitative estimate of drug-likeness (QED) is 0.357. The van der Waals surface area contributed by atoms with Crippen molar-refractivity contribution in [1.82, 2.24) is 19.8 Å². The van der Waals surface area contributed by atoms with E-state index in [2.05, 4.69) is 27.1 Å². The van der Waals surface area contributed by atoms with Crippen LogP contribution in [0.5, 0.6) is 0 Å². The molecule has 0 aliphatic carbocycles. The highest BCUT2D eigenvalue weighted by molar-refractivity contribution is 7.99. The molecule has 4 rings (SSSR count). The monoisotopic (exact) mass is 516 g/mol. The van der Waals surface area contributed by atoms with Crippen molar-refractivity contribution in [2.24, 2.45) is 5.92 Å². The molecule has 8 nitrogen and oxygen atoms in total. The zero-order valence-electron chi connectivity index (χ0n) is 20.5. The third-order valence-electron chi connectivity index (χ3n) is 6.60. The van der Waals surface area contributed by atoms with Gasteiger partial charge < -0.3 is 20.0 Å². The van der Waals surface area contributed by atoms with Gasteiger partial charge in [-0.05, 0) is 50.3 Å². The number of halogens is 1. The minimum absolute atomic E-state index is 0.0125. The van der Waals surface area contributed by atoms with Gasteiger partial charge in [0.25, 0.3) is 0 Å². The van der Waals surface area contributed by atoms with Crippen LogP contribution in [0.2, 0.25) is 5.15 Å². The van der Waals surface area contributed by atoms with Crippen molar-refractivity contribution >= 4 is 46.8 Å².